The summed E-state index contributed by atoms with van der Waals surface area (Å²) in [6.07, 6.45) is 4.03. The molecular formula is C12H13N3O2. The molecule has 1 heterocycles. The Morgan fingerprint density at radius 3 is 3.06 bits per heavy atom. The van der Waals surface area contributed by atoms with Crippen molar-refractivity contribution in [1.82, 2.24) is 15.3 Å². The number of H-pyrrole nitrogens is 1. The van der Waals surface area contributed by atoms with Gasteiger partial charge in [0.1, 0.15) is 5.75 Å². The van der Waals surface area contributed by atoms with Crippen LogP contribution in [-0.4, -0.2) is 27.5 Å². The molecule has 0 bridgehead atoms. The minimum absolute atomic E-state index is 0.0891. The molecule has 17 heavy (non-hydrogen) atoms. The van der Waals surface area contributed by atoms with Gasteiger partial charge in [0.2, 0.25) is 0 Å². The predicted molar refractivity (Wildman–Crippen MR) is 62.7 cm³/mol. The van der Waals surface area contributed by atoms with Gasteiger partial charge >= 0.3 is 0 Å². The van der Waals surface area contributed by atoms with Crippen LogP contribution >= 0.6 is 0 Å². The Morgan fingerprint density at radius 2 is 2.35 bits per heavy atom. The van der Waals surface area contributed by atoms with Gasteiger partial charge in [0.25, 0.3) is 5.91 Å². The summed E-state index contributed by atoms with van der Waals surface area (Å²) in [5.41, 5.74) is 1.43. The smallest absolute Gasteiger partial charge is 0.251 e. The van der Waals surface area contributed by atoms with Crippen LogP contribution in [0.3, 0.4) is 0 Å². The van der Waals surface area contributed by atoms with E-state index in [9.17, 15) is 9.90 Å². The van der Waals surface area contributed by atoms with Crippen LogP contribution in [0.4, 0.5) is 0 Å². The summed E-state index contributed by atoms with van der Waals surface area (Å²) in [6, 6.07) is 6.26. The van der Waals surface area contributed by atoms with E-state index in [0.29, 0.717) is 18.5 Å². The molecule has 5 nitrogen and oxygen atoms in total. The van der Waals surface area contributed by atoms with Gasteiger partial charge in [0.15, 0.2) is 0 Å². The summed E-state index contributed by atoms with van der Waals surface area (Å²) >= 11 is 0. The second-order valence-electron chi connectivity index (χ2n) is 3.63. The number of hydrogen-bond acceptors (Lipinski definition) is 3. The molecule has 1 aromatic heterocycles. The van der Waals surface area contributed by atoms with Crippen LogP contribution in [0, 0.1) is 0 Å². The van der Waals surface area contributed by atoms with Crippen molar-refractivity contribution >= 4 is 5.91 Å². The van der Waals surface area contributed by atoms with Gasteiger partial charge in [-0.2, -0.15) is 0 Å². The summed E-state index contributed by atoms with van der Waals surface area (Å²) in [5, 5.41) is 12.0. The van der Waals surface area contributed by atoms with Crippen LogP contribution in [-0.2, 0) is 6.42 Å². The quantitative estimate of drug-likeness (QED) is 0.737. The maximum Gasteiger partial charge on any atom is 0.251 e. The maximum atomic E-state index is 11.7. The van der Waals surface area contributed by atoms with Crippen LogP contribution in [0.2, 0.25) is 0 Å². The minimum Gasteiger partial charge on any atom is -0.508 e. The van der Waals surface area contributed by atoms with Gasteiger partial charge in [0.05, 0.1) is 6.33 Å². The SMILES string of the molecule is O=C(NCCc1cnc[nH]1)c1cccc(O)c1. The lowest BCUT2D eigenvalue weighted by Crippen LogP contribution is -2.25. The molecule has 0 spiro atoms. The van der Waals surface area contributed by atoms with E-state index in [1.165, 1.54) is 12.1 Å². The average molecular weight is 231 g/mol. The number of benzene rings is 1. The first kappa shape index (κ1) is 11.2. The van der Waals surface area contributed by atoms with E-state index in [4.69, 9.17) is 0 Å². The third kappa shape index (κ3) is 3.07. The van der Waals surface area contributed by atoms with E-state index >= 15 is 0 Å². The first-order chi connectivity index (χ1) is 8.25. The van der Waals surface area contributed by atoms with Crippen LogP contribution in [0.15, 0.2) is 36.8 Å². The number of aromatic amines is 1. The van der Waals surface area contributed by atoms with Crippen molar-refractivity contribution in [2.45, 2.75) is 6.42 Å². The minimum atomic E-state index is -0.194. The summed E-state index contributed by atoms with van der Waals surface area (Å²) in [5.74, 6) is -0.105. The third-order valence-corrected chi connectivity index (χ3v) is 2.34. The largest absolute Gasteiger partial charge is 0.508 e. The predicted octanol–water partition coefficient (Wildman–Crippen LogP) is 1.09. The van der Waals surface area contributed by atoms with E-state index in [1.807, 2.05) is 0 Å². The fourth-order valence-corrected chi connectivity index (χ4v) is 1.48. The lowest BCUT2D eigenvalue weighted by molar-refractivity contribution is 0.0953. The van der Waals surface area contributed by atoms with E-state index in [2.05, 4.69) is 15.3 Å². The molecule has 1 aromatic carbocycles. The van der Waals surface area contributed by atoms with E-state index in [1.54, 1.807) is 24.7 Å². The van der Waals surface area contributed by atoms with Crippen molar-refractivity contribution in [3.8, 4) is 5.75 Å². The Morgan fingerprint density at radius 1 is 1.47 bits per heavy atom. The molecule has 5 heteroatoms. The number of nitrogens with one attached hydrogen (secondary N) is 2. The Kier molecular flexibility index (Phi) is 3.40. The highest BCUT2D eigenvalue weighted by Crippen LogP contribution is 2.10. The second-order valence-corrected chi connectivity index (χ2v) is 3.63. The molecule has 0 aliphatic carbocycles. The van der Waals surface area contributed by atoms with Crippen molar-refractivity contribution in [2.24, 2.45) is 0 Å². The summed E-state index contributed by atoms with van der Waals surface area (Å²) in [4.78, 5) is 18.5. The highest BCUT2D eigenvalue weighted by atomic mass is 16.3. The van der Waals surface area contributed by atoms with Crippen molar-refractivity contribution < 1.29 is 9.90 Å². The van der Waals surface area contributed by atoms with Gasteiger partial charge in [-0.05, 0) is 18.2 Å². The van der Waals surface area contributed by atoms with Crippen LogP contribution in [0.25, 0.3) is 0 Å². The Labute approximate surface area is 98.5 Å². The molecule has 3 N–H and O–H groups in total. The second kappa shape index (κ2) is 5.16. The van der Waals surface area contributed by atoms with Crippen molar-refractivity contribution in [3.63, 3.8) is 0 Å². The maximum absolute atomic E-state index is 11.7. The molecule has 0 unspecified atom stereocenters. The number of phenols is 1. The molecule has 88 valence electrons. The van der Waals surface area contributed by atoms with Crippen molar-refractivity contribution in [2.75, 3.05) is 6.54 Å². The number of phenolic OH excluding ortho intramolecular Hbond substituents is 1. The van der Waals surface area contributed by atoms with E-state index < -0.39 is 0 Å². The first-order valence-corrected chi connectivity index (χ1v) is 5.30. The number of amides is 1. The molecule has 0 aliphatic heterocycles. The molecule has 2 rings (SSSR count). The standard InChI is InChI=1S/C12H13N3O2/c16-11-3-1-2-9(6-11)12(17)14-5-4-10-7-13-8-15-10/h1-3,6-8,16H,4-5H2,(H,13,15)(H,14,17). The Bertz CT molecular complexity index is 494. The lowest BCUT2D eigenvalue weighted by Gasteiger charge is -2.04. The molecule has 2 aromatic rings. The number of rotatable bonds is 4. The van der Waals surface area contributed by atoms with Gasteiger partial charge in [-0.3, -0.25) is 4.79 Å². The number of carbonyl (C=O) groups is 1. The van der Waals surface area contributed by atoms with Crippen molar-refractivity contribution in [3.05, 3.63) is 48.0 Å². The normalized spacial score (nSPS) is 10.1. The topological polar surface area (TPSA) is 78.0 Å². The highest BCUT2D eigenvalue weighted by Gasteiger charge is 2.05. The van der Waals surface area contributed by atoms with Crippen LogP contribution in [0.5, 0.6) is 5.75 Å². The van der Waals surface area contributed by atoms with Gasteiger partial charge in [-0.25, -0.2) is 4.98 Å². The van der Waals surface area contributed by atoms with Gasteiger partial charge in [0, 0.05) is 30.4 Å². The lowest BCUT2D eigenvalue weighted by atomic mass is 10.2. The Balaban J connectivity index is 1.85. The van der Waals surface area contributed by atoms with E-state index in [-0.39, 0.29) is 11.7 Å². The summed E-state index contributed by atoms with van der Waals surface area (Å²) in [6.45, 7) is 0.524. The molecule has 0 radical (unpaired) electrons. The fraction of sp³-hybridized carbons (Fsp3) is 0.167. The van der Waals surface area contributed by atoms with Gasteiger partial charge < -0.3 is 15.4 Å². The molecule has 0 atom stereocenters. The zero-order chi connectivity index (χ0) is 12.1. The monoisotopic (exact) mass is 231 g/mol. The number of nitrogens with zero attached hydrogens (tertiary/aromatic N) is 1. The Hall–Kier alpha value is -2.30. The third-order valence-electron chi connectivity index (χ3n) is 2.34. The molecule has 0 aliphatic rings. The molecular weight excluding hydrogens is 218 g/mol. The average Bonchev–Trinajstić information content (AvgIpc) is 2.82. The number of carbonyl (C=O) groups excluding carboxylic acids is 1. The fourth-order valence-electron chi connectivity index (χ4n) is 1.48. The van der Waals surface area contributed by atoms with Crippen LogP contribution < -0.4 is 5.32 Å². The van der Waals surface area contributed by atoms with Crippen molar-refractivity contribution in [1.29, 1.82) is 0 Å². The van der Waals surface area contributed by atoms with Gasteiger partial charge in [-0.1, -0.05) is 6.07 Å². The molecule has 0 saturated heterocycles. The highest BCUT2D eigenvalue weighted by molar-refractivity contribution is 5.94. The number of aromatic nitrogens is 2. The zero-order valence-electron chi connectivity index (χ0n) is 9.18. The number of imidazole rings is 1. The molecule has 1 amide bonds. The summed E-state index contributed by atoms with van der Waals surface area (Å²) in [7, 11) is 0. The first-order valence-electron chi connectivity index (χ1n) is 5.30. The van der Waals surface area contributed by atoms with Crippen LogP contribution in [0.1, 0.15) is 16.1 Å². The zero-order valence-corrected chi connectivity index (χ0v) is 9.18. The molecule has 0 fully saturated rings. The number of hydrogen-bond donors (Lipinski definition) is 3. The summed E-state index contributed by atoms with van der Waals surface area (Å²) < 4.78 is 0. The number of aromatic hydroxyl groups is 1. The van der Waals surface area contributed by atoms with Gasteiger partial charge in [-0.15, -0.1) is 0 Å². The molecule has 0 saturated carbocycles. The van der Waals surface area contributed by atoms with E-state index in [0.717, 1.165) is 5.69 Å².